The van der Waals surface area contributed by atoms with E-state index in [1.807, 2.05) is 0 Å². The number of nitrogens with one attached hydrogen (secondary N) is 2. The second-order valence-electron chi connectivity index (χ2n) is 5.30. The molecule has 1 aromatic carbocycles. The van der Waals surface area contributed by atoms with E-state index in [9.17, 15) is 9.59 Å². The Balaban J connectivity index is 1.82. The predicted molar refractivity (Wildman–Crippen MR) is 75.6 cm³/mol. The molecule has 0 bridgehead atoms. The second kappa shape index (κ2) is 5.94. The van der Waals surface area contributed by atoms with E-state index < -0.39 is 5.97 Å². The fourth-order valence-electron chi connectivity index (χ4n) is 2.40. The van der Waals surface area contributed by atoms with Crippen LogP contribution in [0.15, 0.2) is 24.3 Å². The van der Waals surface area contributed by atoms with Gasteiger partial charge in [0, 0.05) is 12.1 Å². The van der Waals surface area contributed by atoms with Crippen LogP contribution in [0.2, 0.25) is 0 Å². The average molecular weight is 276 g/mol. The summed E-state index contributed by atoms with van der Waals surface area (Å²) in [6.07, 6.45) is 4.22. The van der Waals surface area contributed by atoms with E-state index in [0.717, 1.165) is 24.8 Å². The van der Waals surface area contributed by atoms with Crippen molar-refractivity contribution in [2.75, 3.05) is 0 Å². The van der Waals surface area contributed by atoms with E-state index in [1.54, 1.807) is 12.1 Å². The summed E-state index contributed by atoms with van der Waals surface area (Å²) in [4.78, 5) is 22.6. The lowest BCUT2D eigenvalue weighted by Crippen LogP contribution is -2.55. The van der Waals surface area contributed by atoms with Crippen molar-refractivity contribution in [2.24, 2.45) is 0 Å². The normalized spacial score (nSPS) is 16.1. The molecule has 1 aliphatic rings. The number of aromatic carboxylic acids is 1. The van der Waals surface area contributed by atoms with Crippen LogP contribution in [-0.4, -0.2) is 22.6 Å². The molecule has 1 saturated carbocycles. The maximum Gasteiger partial charge on any atom is 0.335 e. The van der Waals surface area contributed by atoms with Gasteiger partial charge in [-0.2, -0.15) is 0 Å². The molecule has 1 aromatic rings. The summed E-state index contributed by atoms with van der Waals surface area (Å²) in [6, 6.07) is 6.34. The smallest absolute Gasteiger partial charge is 0.335 e. The molecule has 0 spiro atoms. The van der Waals surface area contributed by atoms with Gasteiger partial charge >= 0.3 is 12.0 Å². The van der Waals surface area contributed by atoms with Gasteiger partial charge in [-0.15, -0.1) is 0 Å². The van der Waals surface area contributed by atoms with E-state index in [2.05, 4.69) is 17.6 Å². The van der Waals surface area contributed by atoms with Crippen molar-refractivity contribution in [3.8, 4) is 0 Å². The van der Waals surface area contributed by atoms with Gasteiger partial charge in [0.05, 0.1) is 5.56 Å². The van der Waals surface area contributed by atoms with Gasteiger partial charge < -0.3 is 15.7 Å². The third-order valence-corrected chi connectivity index (χ3v) is 4.02. The zero-order valence-electron chi connectivity index (χ0n) is 11.6. The fraction of sp³-hybridized carbons (Fsp3) is 0.467. The number of hydrogen-bond acceptors (Lipinski definition) is 2. The van der Waals surface area contributed by atoms with Crippen molar-refractivity contribution in [1.29, 1.82) is 0 Å². The molecule has 3 N–H and O–H groups in total. The van der Waals surface area contributed by atoms with Gasteiger partial charge in [-0.05, 0) is 43.4 Å². The van der Waals surface area contributed by atoms with Crippen LogP contribution in [0.25, 0.3) is 0 Å². The molecule has 2 rings (SSSR count). The number of rotatable bonds is 5. The van der Waals surface area contributed by atoms with Crippen LogP contribution in [0.4, 0.5) is 4.79 Å². The first-order valence-corrected chi connectivity index (χ1v) is 6.93. The van der Waals surface area contributed by atoms with Gasteiger partial charge in [0.1, 0.15) is 0 Å². The van der Waals surface area contributed by atoms with Crippen molar-refractivity contribution >= 4 is 12.0 Å². The molecule has 2 amide bonds. The van der Waals surface area contributed by atoms with Crippen LogP contribution >= 0.6 is 0 Å². The Hall–Kier alpha value is -2.04. The van der Waals surface area contributed by atoms with Gasteiger partial charge in [0.2, 0.25) is 0 Å². The Labute approximate surface area is 118 Å². The first-order chi connectivity index (χ1) is 9.54. The molecule has 0 heterocycles. The monoisotopic (exact) mass is 276 g/mol. The molecule has 0 radical (unpaired) electrons. The number of carboxylic acids is 1. The Morgan fingerprint density at radius 2 is 1.90 bits per heavy atom. The lowest BCUT2D eigenvalue weighted by Gasteiger charge is -2.41. The molecule has 0 aromatic heterocycles. The summed E-state index contributed by atoms with van der Waals surface area (Å²) < 4.78 is 0. The number of urea groups is 1. The summed E-state index contributed by atoms with van der Waals surface area (Å²) in [6.45, 7) is 2.48. The first-order valence-electron chi connectivity index (χ1n) is 6.93. The minimum atomic E-state index is -0.947. The lowest BCUT2D eigenvalue weighted by molar-refractivity contribution is 0.0697. The molecule has 5 nitrogen and oxygen atoms in total. The molecule has 0 saturated heterocycles. The van der Waals surface area contributed by atoms with E-state index in [1.165, 1.54) is 18.6 Å². The number of benzene rings is 1. The van der Waals surface area contributed by atoms with E-state index in [-0.39, 0.29) is 17.1 Å². The Kier molecular flexibility index (Phi) is 4.27. The number of carbonyl (C=O) groups is 2. The first kappa shape index (κ1) is 14.4. The molecule has 1 aliphatic carbocycles. The van der Waals surface area contributed by atoms with E-state index in [0.29, 0.717) is 6.54 Å². The van der Waals surface area contributed by atoms with Gasteiger partial charge in [-0.3, -0.25) is 0 Å². The molecule has 5 heteroatoms. The zero-order valence-corrected chi connectivity index (χ0v) is 11.6. The van der Waals surface area contributed by atoms with Crippen LogP contribution in [0.1, 0.15) is 48.5 Å². The lowest BCUT2D eigenvalue weighted by atomic mass is 9.75. The largest absolute Gasteiger partial charge is 0.478 e. The second-order valence-corrected chi connectivity index (χ2v) is 5.30. The SMILES string of the molecule is CCC1(NC(=O)NCc2ccc(C(=O)O)cc2)CCC1. The van der Waals surface area contributed by atoms with Gasteiger partial charge in [0.25, 0.3) is 0 Å². The molecule has 20 heavy (non-hydrogen) atoms. The average Bonchev–Trinajstić information content (AvgIpc) is 2.41. The number of carbonyl (C=O) groups excluding carboxylic acids is 1. The molecule has 1 fully saturated rings. The summed E-state index contributed by atoms with van der Waals surface area (Å²) in [5.41, 5.74) is 1.11. The maximum absolute atomic E-state index is 11.8. The minimum Gasteiger partial charge on any atom is -0.478 e. The van der Waals surface area contributed by atoms with E-state index >= 15 is 0 Å². The summed E-state index contributed by atoms with van der Waals surface area (Å²) in [7, 11) is 0. The van der Waals surface area contributed by atoms with Gasteiger partial charge in [0.15, 0.2) is 0 Å². The van der Waals surface area contributed by atoms with Crippen LogP contribution in [0.5, 0.6) is 0 Å². The van der Waals surface area contributed by atoms with Gasteiger partial charge in [-0.25, -0.2) is 9.59 Å². The minimum absolute atomic E-state index is 0.0166. The highest BCUT2D eigenvalue weighted by Gasteiger charge is 2.36. The number of amides is 2. The Bertz CT molecular complexity index is 487. The molecular formula is C15H20N2O3. The van der Waals surface area contributed by atoms with E-state index in [4.69, 9.17) is 5.11 Å². The summed E-state index contributed by atoms with van der Waals surface area (Å²) in [5.74, 6) is -0.947. The van der Waals surface area contributed by atoms with Crippen molar-refractivity contribution in [2.45, 2.75) is 44.7 Å². The molecular weight excluding hydrogens is 256 g/mol. The Morgan fingerprint density at radius 1 is 1.25 bits per heavy atom. The zero-order chi connectivity index (χ0) is 14.6. The highest BCUT2D eigenvalue weighted by molar-refractivity contribution is 5.87. The van der Waals surface area contributed by atoms with Crippen molar-refractivity contribution in [3.63, 3.8) is 0 Å². The molecule has 108 valence electrons. The van der Waals surface area contributed by atoms with Crippen molar-refractivity contribution < 1.29 is 14.7 Å². The molecule has 0 unspecified atom stereocenters. The van der Waals surface area contributed by atoms with Gasteiger partial charge in [-0.1, -0.05) is 19.1 Å². The van der Waals surface area contributed by atoms with Crippen molar-refractivity contribution in [1.82, 2.24) is 10.6 Å². The fourth-order valence-corrected chi connectivity index (χ4v) is 2.40. The third kappa shape index (κ3) is 3.29. The summed E-state index contributed by atoms with van der Waals surface area (Å²) >= 11 is 0. The molecule has 0 atom stereocenters. The highest BCUT2D eigenvalue weighted by Crippen LogP contribution is 2.34. The maximum atomic E-state index is 11.8. The number of carboxylic acid groups (broad SMARTS) is 1. The predicted octanol–water partition coefficient (Wildman–Crippen LogP) is 2.52. The van der Waals surface area contributed by atoms with Crippen LogP contribution in [0.3, 0.4) is 0 Å². The standard InChI is InChI=1S/C15H20N2O3/c1-2-15(8-3-9-15)17-14(20)16-10-11-4-6-12(7-5-11)13(18)19/h4-7H,2-3,8-10H2,1H3,(H,18,19)(H2,16,17,20). The molecule has 0 aliphatic heterocycles. The van der Waals surface area contributed by atoms with Crippen LogP contribution in [0, 0.1) is 0 Å². The summed E-state index contributed by atoms with van der Waals surface area (Å²) in [5, 5.41) is 14.6. The van der Waals surface area contributed by atoms with Crippen molar-refractivity contribution in [3.05, 3.63) is 35.4 Å². The topological polar surface area (TPSA) is 78.4 Å². The van der Waals surface area contributed by atoms with Crippen LogP contribution < -0.4 is 10.6 Å². The van der Waals surface area contributed by atoms with Crippen LogP contribution in [-0.2, 0) is 6.54 Å². The highest BCUT2D eigenvalue weighted by atomic mass is 16.4. The third-order valence-electron chi connectivity index (χ3n) is 4.02. The Morgan fingerprint density at radius 3 is 2.35 bits per heavy atom. The quantitative estimate of drug-likeness (QED) is 0.773. The number of hydrogen-bond donors (Lipinski definition) is 3.